The highest BCUT2D eigenvalue weighted by molar-refractivity contribution is 5.69. The van der Waals surface area contributed by atoms with Crippen LogP contribution in [0.15, 0.2) is 34.7 Å². The zero-order valence-electron chi connectivity index (χ0n) is 13.0. The molecule has 0 radical (unpaired) electrons. The van der Waals surface area contributed by atoms with Crippen LogP contribution in [0.4, 0.5) is 0 Å². The molecule has 120 valence electrons. The number of nitrogens with zero attached hydrogens (tertiary/aromatic N) is 2. The number of esters is 1. The third-order valence-corrected chi connectivity index (χ3v) is 5.16. The van der Waals surface area contributed by atoms with Gasteiger partial charge in [-0.1, -0.05) is 24.6 Å². The van der Waals surface area contributed by atoms with Gasteiger partial charge in [0.15, 0.2) is 6.61 Å². The second kappa shape index (κ2) is 6.14. The van der Waals surface area contributed by atoms with E-state index in [0.717, 1.165) is 17.4 Å². The molecule has 1 aromatic carbocycles. The summed E-state index contributed by atoms with van der Waals surface area (Å²) in [6, 6.07) is 9.55. The smallest absolute Gasteiger partial charge is 0.306 e. The molecular formula is C18H20N2O3. The Kier molecular flexibility index (Phi) is 3.85. The average Bonchev–Trinajstić information content (AvgIpc) is 3.30. The molecule has 0 unspecified atom stereocenters. The Balaban J connectivity index is 1.29. The highest BCUT2D eigenvalue weighted by atomic mass is 16.5. The normalized spacial score (nSPS) is 25.7. The predicted octanol–water partition coefficient (Wildman–Crippen LogP) is 3.61. The first-order chi connectivity index (χ1) is 11.3. The molecule has 1 heterocycles. The molecule has 2 fully saturated rings. The molecule has 5 nitrogen and oxygen atoms in total. The summed E-state index contributed by atoms with van der Waals surface area (Å²) in [5.41, 5.74) is 0.861. The number of hydrogen-bond acceptors (Lipinski definition) is 5. The molecule has 5 heteroatoms. The molecule has 0 aliphatic heterocycles. The Morgan fingerprint density at radius 2 is 2.04 bits per heavy atom. The lowest BCUT2D eigenvalue weighted by Gasteiger charge is -2.20. The van der Waals surface area contributed by atoms with Gasteiger partial charge in [0, 0.05) is 12.0 Å². The van der Waals surface area contributed by atoms with Gasteiger partial charge in [-0.05, 0) is 49.1 Å². The summed E-state index contributed by atoms with van der Waals surface area (Å²) >= 11 is 0. The number of hydrogen-bond donors (Lipinski definition) is 0. The maximum Gasteiger partial charge on any atom is 0.306 e. The van der Waals surface area contributed by atoms with Crippen molar-refractivity contribution in [2.45, 2.75) is 38.7 Å². The van der Waals surface area contributed by atoms with Gasteiger partial charge in [-0.25, -0.2) is 0 Å². The van der Waals surface area contributed by atoms with Crippen LogP contribution in [0.3, 0.4) is 0 Å². The predicted molar refractivity (Wildman–Crippen MR) is 83.1 cm³/mol. The number of ether oxygens (including phenoxy) is 1. The van der Waals surface area contributed by atoms with E-state index in [1.165, 1.54) is 25.7 Å². The van der Waals surface area contributed by atoms with Crippen LogP contribution in [0.5, 0.6) is 0 Å². The fourth-order valence-electron chi connectivity index (χ4n) is 4.05. The van der Waals surface area contributed by atoms with Gasteiger partial charge in [0.25, 0.3) is 5.89 Å². The van der Waals surface area contributed by atoms with Gasteiger partial charge in [-0.3, -0.25) is 4.79 Å². The fraction of sp³-hybridized carbons (Fsp3) is 0.500. The van der Waals surface area contributed by atoms with Crippen LogP contribution < -0.4 is 0 Å². The van der Waals surface area contributed by atoms with Crippen LogP contribution in [0.1, 0.15) is 38.0 Å². The minimum atomic E-state index is -0.151. The highest BCUT2D eigenvalue weighted by Gasteiger charge is 2.40. The van der Waals surface area contributed by atoms with Gasteiger partial charge in [0.2, 0.25) is 5.89 Å². The van der Waals surface area contributed by atoms with Crippen LogP contribution in [-0.4, -0.2) is 16.2 Å². The van der Waals surface area contributed by atoms with Crippen molar-refractivity contribution in [1.29, 1.82) is 0 Å². The zero-order valence-corrected chi connectivity index (χ0v) is 13.0. The van der Waals surface area contributed by atoms with E-state index in [4.69, 9.17) is 9.15 Å². The van der Waals surface area contributed by atoms with Gasteiger partial charge < -0.3 is 9.15 Å². The number of aromatic nitrogens is 2. The summed E-state index contributed by atoms with van der Waals surface area (Å²) in [5.74, 6) is 2.74. The summed E-state index contributed by atoms with van der Waals surface area (Å²) in [6.07, 6.45) is 5.66. The van der Waals surface area contributed by atoms with Crippen molar-refractivity contribution in [3.63, 3.8) is 0 Å². The largest absolute Gasteiger partial charge is 0.456 e. The maximum atomic E-state index is 12.0. The number of benzene rings is 1. The van der Waals surface area contributed by atoms with Crippen molar-refractivity contribution < 1.29 is 13.9 Å². The minimum Gasteiger partial charge on any atom is -0.456 e. The van der Waals surface area contributed by atoms with E-state index in [2.05, 4.69) is 10.2 Å². The van der Waals surface area contributed by atoms with E-state index in [-0.39, 0.29) is 12.6 Å². The van der Waals surface area contributed by atoms with Crippen molar-refractivity contribution in [1.82, 2.24) is 10.2 Å². The van der Waals surface area contributed by atoms with Crippen molar-refractivity contribution in [3.05, 3.63) is 36.2 Å². The summed E-state index contributed by atoms with van der Waals surface area (Å²) < 4.78 is 10.9. The monoisotopic (exact) mass is 312 g/mol. The fourth-order valence-corrected chi connectivity index (χ4v) is 4.05. The zero-order chi connectivity index (χ0) is 15.6. The molecule has 4 rings (SSSR count). The number of carbonyl (C=O) groups is 1. The number of rotatable bonds is 5. The van der Waals surface area contributed by atoms with E-state index in [1.54, 1.807) is 0 Å². The number of carbonyl (C=O) groups excluding carboxylic acids is 1. The van der Waals surface area contributed by atoms with Crippen molar-refractivity contribution >= 4 is 5.97 Å². The summed E-state index contributed by atoms with van der Waals surface area (Å²) in [7, 11) is 0. The Labute approximate surface area is 135 Å². The van der Waals surface area contributed by atoms with E-state index in [0.29, 0.717) is 24.1 Å². The Morgan fingerprint density at radius 3 is 2.78 bits per heavy atom. The van der Waals surface area contributed by atoms with Crippen LogP contribution in [-0.2, 0) is 16.1 Å². The maximum absolute atomic E-state index is 12.0. The van der Waals surface area contributed by atoms with Gasteiger partial charge >= 0.3 is 5.97 Å². The summed E-state index contributed by atoms with van der Waals surface area (Å²) in [5, 5.41) is 7.93. The third kappa shape index (κ3) is 3.14. The molecule has 1 aromatic heterocycles. The van der Waals surface area contributed by atoms with Crippen LogP contribution in [0.25, 0.3) is 11.5 Å². The molecule has 2 aromatic rings. The lowest BCUT2D eigenvalue weighted by Crippen LogP contribution is -2.17. The lowest BCUT2D eigenvalue weighted by atomic mass is 9.86. The van der Waals surface area contributed by atoms with Crippen molar-refractivity contribution in [3.8, 4) is 11.5 Å². The Bertz CT molecular complexity index is 683. The standard InChI is InChI=1S/C18H20N2O3/c21-17(10-15-9-12-6-7-14(15)8-12)22-11-16-19-20-18(23-16)13-4-2-1-3-5-13/h1-5,12,14-15H,6-11H2/t12-,14-,15-/m1/s1. The molecule has 0 N–H and O–H groups in total. The van der Waals surface area contributed by atoms with Crippen molar-refractivity contribution in [2.24, 2.45) is 17.8 Å². The second-order valence-electron chi connectivity index (χ2n) is 6.67. The van der Waals surface area contributed by atoms with E-state index >= 15 is 0 Å². The Hall–Kier alpha value is -2.17. The first kappa shape index (κ1) is 14.4. The topological polar surface area (TPSA) is 65.2 Å². The average molecular weight is 312 g/mol. The van der Waals surface area contributed by atoms with Gasteiger partial charge in [-0.15, -0.1) is 10.2 Å². The second-order valence-corrected chi connectivity index (χ2v) is 6.67. The van der Waals surface area contributed by atoms with Crippen LogP contribution in [0, 0.1) is 17.8 Å². The van der Waals surface area contributed by atoms with Crippen molar-refractivity contribution in [2.75, 3.05) is 0 Å². The third-order valence-electron chi connectivity index (χ3n) is 5.16. The molecular weight excluding hydrogens is 292 g/mol. The molecule has 23 heavy (non-hydrogen) atoms. The molecule has 2 saturated carbocycles. The van der Waals surface area contributed by atoms with E-state index < -0.39 is 0 Å². The first-order valence-corrected chi connectivity index (χ1v) is 8.31. The first-order valence-electron chi connectivity index (χ1n) is 8.31. The number of fused-ring (bicyclic) bond motifs is 2. The van der Waals surface area contributed by atoms with Gasteiger partial charge in [0.05, 0.1) is 0 Å². The highest BCUT2D eigenvalue weighted by Crippen LogP contribution is 2.49. The quantitative estimate of drug-likeness (QED) is 0.789. The summed E-state index contributed by atoms with van der Waals surface area (Å²) in [4.78, 5) is 12.0. The molecule has 0 saturated heterocycles. The molecule has 3 atom stereocenters. The van der Waals surface area contributed by atoms with Gasteiger partial charge in [-0.2, -0.15) is 0 Å². The molecule has 0 spiro atoms. The molecule has 2 aliphatic rings. The van der Waals surface area contributed by atoms with E-state index in [9.17, 15) is 4.79 Å². The summed E-state index contributed by atoms with van der Waals surface area (Å²) in [6.45, 7) is 0.0550. The van der Waals surface area contributed by atoms with Crippen LogP contribution in [0.2, 0.25) is 0 Å². The molecule has 0 amide bonds. The van der Waals surface area contributed by atoms with Gasteiger partial charge in [0.1, 0.15) is 0 Å². The minimum absolute atomic E-state index is 0.0550. The Morgan fingerprint density at radius 1 is 1.17 bits per heavy atom. The lowest BCUT2D eigenvalue weighted by molar-refractivity contribution is -0.147. The molecule has 2 aliphatic carbocycles. The van der Waals surface area contributed by atoms with Crippen LogP contribution >= 0.6 is 0 Å². The molecule has 2 bridgehead atoms. The SMILES string of the molecule is O=C(C[C@H]1C[C@@H]2CC[C@@H]1C2)OCc1nnc(-c2ccccc2)o1. The van der Waals surface area contributed by atoms with E-state index in [1.807, 2.05) is 30.3 Å².